The molecule has 9 heteroatoms. The zero-order chi connectivity index (χ0) is 20.5. The maximum atomic E-state index is 12.5. The number of aromatic nitrogens is 1. The molecule has 1 amide bonds. The van der Waals surface area contributed by atoms with Gasteiger partial charge in [0, 0.05) is 17.3 Å². The number of nitrogens with zero attached hydrogens (tertiary/aromatic N) is 3. The highest BCUT2D eigenvalue weighted by Crippen LogP contribution is 2.36. The molecule has 0 aliphatic carbocycles. The van der Waals surface area contributed by atoms with Crippen LogP contribution in [0.3, 0.4) is 0 Å². The summed E-state index contributed by atoms with van der Waals surface area (Å²) >= 11 is 0. The number of halogens is 3. The van der Waals surface area contributed by atoms with Crippen molar-refractivity contribution in [2.45, 2.75) is 20.2 Å². The standard InChI is InChI=1S/C19H14F3N3O3/c1-10-9-13(27-18-15(5-4-8-23-18)28-19(20,21)22)6-7-14(10)16-11(2)17(26)25-24-12(16)3/h4-9H,3H2,1-2H3. The zero-order valence-electron chi connectivity index (χ0n) is 14.9. The third-order valence-corrected chi connectivity index (χ3v) is 3.89. The molecule has 0 bridgehead atoms. The van der Waals surface area contributed by atoms with Gasteiger partial charge in [-0.3, -0.25) is 4.79 Å². The molecule has 0 saturated heterocycles. The molecule has 2 heterocycles. The van der Waals surface area contributed by atoms with Crippen molar-refractivity contribution in [1.82, 2.24) is 4.98 Å². The van der Waals surface area contributed by atoms with Gasteiger partial charge in [-0.1, -0.05) is 12.6 Å². The van der Waals surface area contributed by atoms with Crippen molar-refractivity contribution in [2.24, 2.45) is 10.2 Å². The van der Waals surface area contributed by atoms with Crippen LogP contribution in [0.15, 0.2) is 64.6 Å². The fraction of sp³-hybridized carbons (Fsp3) is 0.158. The molecule has 2 aromatic rings. The molecule has 0 spiro atoms. The van der Waals surface area contributed by atoms with Crippen LogP contribution in [0.2, 0.25) is 0 Å². The Morgan fingerprint density at radius 1 is 1.11 bits per heavy atom. The molecule has 1 aromatic heterocycles. The van der Waals surface area contributed by atoms with E-state index in [9.17, 15) is 18.0 Å². The summed E-state index contributed by atoms with van der Waals surface area (Å²) in [5.74, 6) is -1.08. The SMILES string of the molecule is C=C1N=NC(=O)C(C)=C1c1ccc(Oc2ncccc2OC(F)(F)F)cc1C. The van der Waals surface area contributed by atoms with E-state index in [2.05, 4.69) is 26.5 Å². The number of hydrogen-bond donors (Lipinski definition) is 0. The molecule has 6 nitrogen and oxygen atoms in total. The minimum atomic E-state index is -4.87. The molecule has 3 rings (SSSR count). The van der Waals surface area contributed by atoms with Crippen LogP contribution in [0.1, 0.15) is 18.1 Å². The summed E-state index contributed by atoms with van der Waals surface area (Å²) in [6.07, 6.45) is -3.58. The number of carbonyl (C=O) groups excluding carboxylic acids is 1. The summed E-state index contributed by atoms with van der Waals surface area (Å²) < 4.78 is 47.0. The molecule has 1 aromatic carbocycles. The van der Waals surface area contributed by atoms with E-state index in [1.54, 1.807) is 26.0 Å². The van der Waals surface area contributed by atoms with Crippen molar-refractivity contribution in [3.8, 4) is 17.4 Å². The number of hydrogen-bond acceptors (Lipinski definition) is 5. The molecular formula is C19H14F3N3O3. The predicted molar refractivity (Wildman–Crippen MR) is 93.8 cm³/mol. The van der Waals surface area contributed by atoms with E-state index in [4.69, 9.17) is 4.74 Å². The van der Waals surface area contributed by atoms with Crippen LogP contribution in [0.25, 0.3) is 5.57 Å². The average molecular weight is 389 g/mol. The number of carbonyl (C=O) groups is 1. The van der Waals surface area contributed by atoms with Gasteiger partial charge in [0.25, 0.3) is 11.8 Å². The average Bonchev–Trinajstić information content (AvgIpc) is 2.61. The van der Waals surface area contributed by atoms with Gasteiger partial charge in [-0.25, -0.2) is 4.98 Å². The summed E-state index contributed by atoms with van der Waals surface area (Å²) in [4.78, 5) is 15.6. The van der Waals surface area contributed by atoms with Gasteiger partial charge < -0.3 is 9.47 Å². The van der Waals surface area contributed by atoms with Crippen molar-refractivity contribution >= 4 is 11.5 Å². The monoisotopic (exact) mass is 389 g/mol. The van der Waals surface area contributed by atoms with Crippen molar-refractivity contribution in [3.05, 3.63) is 65.5 Å². The molecule has 0 saturated carbocycles. The van der Waals surface area contributed by atoms with E-state index in [1.165, 1.54) is 18.3 Å². The Hall–Kier alpha value is -3.49. The highest BCUT2D eigenvalue weighted by Gasteiger charge is 2.33. The van der Waals surface area contributed by atoms with Crippen LogP contribution < -0.4 is 9.47 Å². The number of allylic oxidation sites excluding steroid dienone is 1. The first-order chi connectivity index (χ1) is 13.2. The van der Waals surface area contributed by atoms with Gasteiger partial charge >= 0.3 is 6.36 Å². The van der Waals surface area contributed by atoms with Crippen LogP contribution in [0, 0.1) is 6.92 Å². The molecule has 1 aliphatic heterocycles. The van der Waals surface area contributed by atoms with Gasteiger partial charge in [-0.05, 0) is 49.2 Å². The largest absolute Gasteiger partial charge is 0.573 e. The van der Waals surface area contributed by atoms with Crippen LogP contribution in [-0.4, -0.2) is 17.3 Å². The molecule has 0 unspecified atom stereocenters. The molecule has 0 radical (unpaired) electrons. The highest BCUT2D eigenvalue weighted by molar-refractivity contribution is 6.05. The van der Waals surface area contributed by atoms with Crippen molar-refractivity contribution in [2.75, 3.05) is 0 Å². The van der Waals surface area contributed by atoms with Crippen LogP contribution in [-0.2, 0) is 4.79 Å². The maximum absolute atomic E-state index is 12.5. The van der Waals surface area contributed by atoms with E-state index >= 15 is 0 Å². The molecule has 0 fully saturated rings. The number of azo groups is 1. The zero-order valence-corrected chi connectivity index (χ0v) is 14.9. The minimum absolute atomic E-state index is 0.250. The lowest BCUT2D eigenvalue weighted by molar-refractivity contribution is -0.275. The number of aryl methyl sites for hydroxylation is 1. The topological polar surface area (TPSA) is 73.1 Å². The van der Waals surface area contributed by atoms with E-state index in [0.717, 1.165) is 6.07 Å². The lowest BCUT2D eigenvalue weighted by atomic mass is 9.93. The Balaban J connectivity index is 1.92. The second-order valence-electron chi connectivity index (χ2n) is 5.89. The van der Waals surface area contributed by atoms with Gasteiger partial charge in [-0.15, -0.1) is 23.4 Å². The second kappa shape index (κ2) is 7.26. The number of benzene rings is 1. The van der Waals surface area contributed by atoms with Crippen molar-refractivity contribution < 1.29 is 27.4 Å². The molecule has 28 heavy (non-hydrogen) atoms. The van der Waals surface area contributed by atoms with Gasteiger partial charge in [0.2, 0.25) is 0 Å². The number of ether oxygens (including phenoxy) is 2. The third-order valence-electron chi connectivity index (χ3n) is 3.89. The van der Waals surface area contributed by atoms with E-state index < -0.39 is 18.0 Å². The summed E-state index contributed by atoms with van der Waals surface area (Å²) in [5, 5.41) is 7.25. The van der Waals surface area contributed by atoms with Crippen molar-refractivity contribution in [1.29, 1.82) is 0 Å². The lowest BCUT2D eigenvalue weighted by Crippen LogP contribution is -2.17. The van der Waals surface area contributed by atoms with E-state index in [-0.39, 0.29) is 11.6 Å². The Morgan fingerprint density at radius 3 is 2.54 bits per heavy atom. The van der Waals surface area contributed by atoms with Crippen LogP contribution in [0.5, 0.6) is 17.4 Å². The number of pyridine rings is 1. The lowest BCUT2D eigenvalue weighted by Gasteiger charge is -2.17. The van der Waals surface area contributed by atoms with Crippen molar-refractivity contribution in [3.63, 3.8) is 0 Å². The highest BCUT2D eigenvalue weighted by atomic mass is 19.4. The number of rotatable bonds is 4. The van der Waals surface area contributed by atoms with Crippen LogP contribution >= 0.6 is 0 Å². The molecule has 144 valence electrons. The quantitative estimate of drug-likeness (QED) is 0.706. The fourth-order valence-corrected chi connectivity index (χ4v) is 2.66. The Labute approximate surface area is 158 Å². The summed E-state index contributed by atoms with van der Waals surface area (Å²) in [7, 11) is 0. The van der Waals surface area contributed by atoms with E-state index in [1.807, 2.05) is 0 Å². The first-order valence-corrected chi connectivity index (χ1v) is 8.01. The fourth-order valence-electron chi connectivity index (χ4n) is 2.66. The molecular weight excluding hydrogens is 375 g/mol. The normalized spacial score (nSPS) is 14.5. The van der Waals surface area contributed by atoms with Gasteiger partial charge in [0.1, 0.15) is 5.75 Å². The van der Waals surface area contributed by atoms with Gasteiger partial charge in [0.05, 0.1) is 5.70 Å². The Kier molecular flexibility index (Phi) is 5.00. The summed E-state index contributed by atoms with van der Waals surface area (Å²) in [5.41, 5.74) is 2.70. The van der Waals surface area contributed by atoms with E-state index in [0.29, 0.717) is 28.0 Å². The second-order valence-corrected chi connectivity index (χ2v) is 5.89. The Morgan fingerprint density at radius 2 is 1.86 bits per heavy atom. The molecule has 0 N–H and O–H groups in total. The van der Waals surface area contributed by atoms with Gasteiger partial charge in [0.15, 0.2) is 5.75 Å². The molecule has 0 atom stereocenters. The van der Waals surface area contributed by atoms with Crippen LogP contribution in [0.4, 0.5) is 13.2 Å². The number of amides is 1. The smallest absolute Gasteiger partial charge is 0.436 e. The summed E-state index contributed by atoms with van der Waals surface area (Å²) in [6, 6.07) is 7.21. The first-order valence-electron chi connectivity index (χ1n) is 8.01. The summed E-state index contributed by atoms with van der Waals surface area (Å²) in [6.45, 7) is 7.18. The third kappa shape index (κ3) is 4.08. The first kappa shape index (κ1) is 19.3. The molecule has 1 aliphatic rings. The predicted octanol–water partition coefficient (Wildman–Crippen LogP) is 5.36. The minimum Gasteiger partial charge on any atom is -0.436 e. The number of alkyl halides is 3. The van der Waals surface area contributed by atoms with Gasteiger partial charge in [-0.2, -0.15) is 0 Å². The maximum Gasteiger partial charge on any atom is 0.573 e. The Bertz CT molecular complexity index is 1030.